The summed E-state index contributed by atoms with van der Waals surface area (Å²) >= 11 is 0. The summed E-state index contributed by atoms with van der Waals surface area (Å²) in [6, 6.07) is 5.69. The van der Waals surface area contributed by atoms with E-state index in [1.165, 1.54) is 0 Å². The van der Waals surface area contributed by atoms with Crippen LogP contribution in [0.25, 0.3) is 0 Å². The average molecular weight is 290 g/mol. The van der Waals surface area contributed by atoms with Crippen LogP contribution < -0.4 is 16.0 Å². The lowest BCUT2D eigenvalue weighted by Crippen LogP contribution is -2.53. The summed E-state index contributed by atoms with van der Waals surface area (Å²) in [5, 5.41) is 3.09. The van der Waals surface area contributed by atoms with Crippen molar-refractivity contribution in [2.75, 3.05) is 18.0 Å². The molecular formula is C16H26N4O. The fourth-order valence-corrected chi connectivity index (χ4v) is 2.48. The number of nitrogens with one attached hydrogen (secondary N) is 1. The summed E-state index contributed by atoms with van der Waals surface area (Å²) in [5.41, 5.74) is 5.79. The van der Waals surface area contributed by atoms with Crippen molar-refractivity contribution in [3.63, 3.8) is 0 Å². The molecule has 1 aliphatic rings. The lowest BCUT2D eigenvalue weighted by atomic mass is 9.86. The monoisotopic (exact) mass is 290 g/mol. The van der Waals surface area contributed by atoms with Crippen LogP contribution in [0.15, 0.2) is 24.4 Å². The highest BCUT2D eigenvalue weighted by molar-refractivity contribution is 5.82. The van der Waals surface area contributed by atoms with Crippen LogP contribution in [0.2, 0.25) is 0 Å². The molecule has 0 spiro atoms. The third-order valence-electron chi connectivity index (χ3n) is 4.03. The first-order valence-corrected chi connectivity index (χ1v) is 7.60. The Morgan fingerprint density at radius 3 is 2.57 bits per heavy atom. The first-order chi connectivity index (χ1) is 9.88. The number of carbonyl (C=O) groups excluding carboxylic acids is 1. The molecule has 3 N–H and O–H groups in total. The zero-order valence-corrected chi connectivity index (χ0v) is 13.2. The fourth-order valence-electron chi connectivity index (χ4n) is 2.48. The number of pyridine rings is 1. The van der Waals surface area contributed by atoms with E-state index >= 15 is 0 Å². The molecule has 0 bridgehead atoms. The van der Waals surface area contributed by atoms with E-state index in [1.807, 2.05) is 45.2 Å². The molecule has 1 aliphatic heterocycles. The molecule has 1 amide bonds. The van der Waals surface area contributed by atoms with Crippen molar-refractivity contribution in [3.05, 3.63) is 24.4 Å². The third-order valence-corrected chi connectivity index (χ3v) is 4.03. The summed E-state index contributed by atoms with van der Waals surface area (Å²) in [4.78, 5) is 18.8. The van der Waals surface area contributed by atoms with Crippen LogP contribution in [0.4, 0.5) is 5.82 Å². The number of rotatable bonds is 3. The maximum atomic E-state index is 12.1. The molecule has 0 aromatic carbocycles. The van der Waals surface area contributed by atoms with Crippen LogP contribution in [-0.2, 0) is 4.79 Å². The highest BCUT2D eigenvalue weighted by atomic mass is 16.2. The maximum absolute atomic E-state index is 12.1. The molecule has 1 saturated heterocycles. The van der Waals surface area contributed by atoms with Gasteiger partial charge in [0.05, 0.1) is 6.04 Å². The fraction of sp³-hybridized carbons (Fsp3) is 0.625. The van der Waals surface area contributed by atoms with Gasteiger partial charge in [-0.3, -0.25) is 4.79 Å². The molecule has 1 aromatic rings. The van der Waals surface area contributed by atoms with Crippen molar-refractivity contribution >= 4 is 11.7 Å². The lowest BCUT2D eigenvalue weighted by molar-refractivity contribution is -0.125. The number of nitrogens with zero attached hydrogens (tertiary/aromatic N) is 2. The second kappa shape index (κ2) is 6.43. The van der Waals surface area contributed by atoms with Crippen LogP contribution in [0.3, 0.4) is 0 Å². The van der Waals surface area contributed by atoms with Gasteiger partial charge in [-0.25, -0.2) is 4.98 Å². The molecule has 1 atom stereocenters. The van der Waals surface area contributed by atoms with Crippen molar-refractivity contribution < 1.29 is 4.79 Å². The van der Waals surface area contributed by atoms with Gasteiger partial charge in [-0.2, -0.15) is 0 Å². The Balaban J connectivity index is 1.83. The van der Waals surface area contributed by atoms with E-state index in [0.717, 1.165) is 31.7 Å². The zero-order chi connectivity index (χ0) is 15.5. The quantitative estimate of drug-likeness (QED) is 0.886. The molecule has 21 heavy (non-hydrogen) atoms. The van der Waals surface area contributed by atoms with Crippen molar-refractivity contribution in [1.29, 1.82) is 0 Å². The van der Waals surface area contributed by atoms with E-state index in [1.54, 1.807) is 0 Å². The summed E-state index contributed by atoms with van der Waals surface area (Å²) in [6.07, 6.45) is 3.67. The minimum absolute atomic E-state index is 0.0428. The van der Waals surface area contributed by atoms with Gasteiger partial charge in [0.15, 0.2) is 0 Å². The Kier molecular flexibility index (Phi) is 4.83. The molecule has 2 heterocycles. The second-order valence-electron chi connectivity index (χ2n) is 6.80. The van der Waals surface area contributed by atoms with Crippen LogP contribution in [0.5, 0.6) is 0 Å². The Morgan fingerprint density at radius 1 is 1.38 bits per heavy atom. The van der Waals surface area contributed by atoms with E-state index < -0.39 is 6.04 Å². The zero-order valence-electron chi connectivity index (χ0n) is 13.2. The van der Waals surface area contributed by atoms with Crippen molar-refractivity contribution in [3.8, 4) is 0 Å². The van der Waals surface area contributed by atoms with E-state index in [0.29, 0.717) is 0 Å². The normalized spacial score (nSPS) is 18.4. The van der Waals surface area contributed by atoms with Gasteiger partial charge >= 0.3 is 0 Å². The molecule has 2 rings (SSSR count). The van der Waals surface area contributed by atoms with Crippen LogP contribution in [0.1, 0.15) is 33.6 Å². The third kappa shape index (κ3) is 4.17. The van der Waals surface area contributed by atoms with E-state index in [9.17, 15) is 4.79 Å². The Hall–Kier alpha value is -1.62. The van der Waals surface area contributed by atoms with Crippen molar-refractivity contribution in [2.45, 2.75) is 45.7 Å². The van der Waals surface area contributed by atoms with E-state index in [2.05, 4.69) is 15.2 Å². The topological polar surface area (TPSA) is 71.2 Å². The van der Waals surface area contributed by atoms with Crippen molar-refractivity contribution in [1.82, 2.24) is 10.3 Å². The maximum Gasteiger partial charge on any atom is 0.237 e. The number of carbonyl (C=O) groups is 1. The van der Waals surface area contributed by atoms with Gasteiger partial charge in [-0.15, -0.1) is 0 Å². The molecule has 116 valence electrons. The molecule has 5 heteroatoms. The highest BCUT2D eigenvalue weighted by Gasteiger charge is 2.30. The summed E-state index contributed by atoms with van der Waals surface area (Å²) in [6.45, 7) is 7.78. The number of aromatic nitrogens is 1. The Morgan fingerprint density at radius 2 is 2.05 bits per heavy atom. The number of hydrogen-bond donors (Lipinski definition) is 2. The Bertz CT molecular complexity index is 461. The molecule has 1 aromatic heterocycles. The van der Waals surface area contributed by atoms with Gasteiger partial charge in [0.2, 0.25) is 5.91 Å². The van der Waals surface area contributed by atoms with Gasteiger partial charge in [0.25, 0.3) is 0 Å². The van der Waals surface area contributed by atoms with Gasteiger partial charge in [0, 0.05) is 25.3 Å². The Labute approximate surface area is 126 Å². The molecule has 0 aliphatic carbocycles. The van der Waals surface area contributed by atoms with Crippen LogP contribution in [-0.4, -0.2) is 36.1 Å². The van der Waals surface area contributed by atoms with E-state index in [-0.39, 0.29) is 17.4 Å². The molecule has 0 saturated carbocycles. The highest BCUT2D eigenvalue weighted by Crippen LogP contribution is 2.20. The molecule has 0 radical (unpaired) electrons. The number of amides is 1. The predicted molar refractivity (Wildman–Crippen MR) is 85.0 cm³/mol. The van der Waals surface area contributed by atoms with Gasteiger partial charge in [-0.05, 0) is 30.4 Å². The first kappa shape index (κ1) is 15.8. The molecule has 1 fully saturated rings. The smallest absolute Gasteiger partial charge is 0.237 e. The minimum Gasteiger partial charge on any atom is -0.356 e. The predicted octanol–water partition coefficient (Wildman–Crippen LogP) is 1.54. The van der Waals surface area contributed by atoms with Crippen LogP contribution in [0, 0.1) is 5.41 Å². The lowest BCUT2D eigenvalue weighted by Gasteiger charge is -2.34. The summed E-state index contributed by atoms with van der Waals surface area (Å²) in [7, 11) is 0. The van der Waals surface area contributed by atoms with Crippen LogP contribution >= 0.6 is 0 Å². The molecule has 5 nitrogen and oxygen atoms in total. The summed E-state index contributed by atoms with van der Waals surface area (Å²) < 4.78 is 0. The number of anilines is 1. The summed E-state index contributed by atoms with van der Waals surface area (Å²) in [5.74, 6) is 0.965. The number of nitrogens with two attached hydrogens (primary N) is 1. The SMILES string of the molecule is CC(C)(C)C(N)C(=O)NC1CCN(c2ccccn2)CC1. The number of hydrogen-bond acceptors (Lipinski definition) is 4. The molecular weight excluding hydrogens is 264 g/mol. The largest absolute Gasteiger partial charge is 0.356 e. The van der Waals surface area contributed by atoms with Gasteiger partial charge < -0.3 is 16.0 Å². The number of piperidine rings is 1. The van der Waals surface area contributed by atoms with Gasteiger partial charge in [0.1, 0.15) is 5.82 Å². The minimum atomic E-state index is -0.466. The van der Waals surface area contributed by atoms with Gasteiger partial charge in [-0.1, -0.05) is 26.8 Å². The standard InChI is InChI=1S/C16H26N4O/c1-16(2,3)14(17)15(21)19-12-7-10-20(11-8-12)13-6-4-5-9-18-13/h4-6,9,12,14H,7-8,10-11,17H2,1-3H3,(H,19,21). The van der Waals surface area contributed by atoms with Crippen molar-refractivity contribution in [2.24, 2.45) is 11.1 Å². The first-order valence-electron chi connectivity index (χ1n) is 7.60. The second-order valence-corrected chi connectivity index (χ2v) is 6.80. The molecule has 1 unspecified atom stereocenters. The average Bonchev–Trinajstić information content (AvgIpc) is 2.47. The van der Waals surface area contributed by atoms with E-state index in [4.69, 9.17) is 5.73 Å².